The second-order valence-electron chi connectivity index (χ2n) is 11.8. The maximum atomic E-state index is 2.48. The molecule has 3 heteroatoms. The van der Waals surface area contributed by atoms with Gasteiger partial charge in [0.2, 0.25) is 0 Å². The highest BCUT2D eigenvalue weighted by Gasteiger charge is 2.44. The molecular weight excluding hydrogens is 507 g/mol. The number of anilines is 6. The lowest BCUT2D eigenvalue weighted by Gasteiger charge is -2.45. The lowest BCUT2D eigenvalue weighted by atomic mass is 9.33. The molecule has 0 spiro atoms. The van der Waals surface area contributed by atoms with Gasteiger partial charge in [-0.15, -0.1) is 0 Å². The highest BCUT2D eigenvalue weighted by atomic mass is 15.2. The van der Waals surface area contributed by atoms with Crippen molar-refractivity contribution in [2.24, 2.45) is 0 Å². The van der Waals surface area contributed by atoms with E-state index in [0.717, 1.165) is 0 Å². The van der Waals surface area contributed by atoms with Gasteiger partial charge in [0.25, 0.3) is 6.71 Å². The van der Waals surface area contributed by atoms with Gasteiger partial charge in [-0.25, -0.2) is 0 Å². The molecule has 2 aliphatic rings. The average molecular weight is 539 g/mol. The second-order valence-corrected chi connectivity index (χ2v) is 11.8. The minimum Gasteiger partial charge on any atom is -0.311 e. The number of hydrogen-bond acceptors (Lipinski definition) is 2. The van der Waals surface area contributed by atoms with Crippen molar-refractivity contribution in [3.63, 3.8) is 0 Å². The molecule has 6 aromatic carbocycles. The Labute approximate surface area is 248 Å². The highest BCUT2D eigenvalue weighted by Crippen LogP contribution is 2.46. The zero-order chi connectivity index (χ0) is 28.3. The van der Waals surface area contributed by atoms with Crippen molar-refractivity contribution >= 4 is 57.2 Å². The standard InChI is InChI=1S/C39H31BN2/c1-39(2,28-16-6-3-7-17-28)29-26-36-38-37(27-29)42(31-20-10-5-11-21-31)35-25-15-13-23-33(35)40(38)32-22-12-14-24-34(32)41(36)30-18-8-4-9-19-30/h3-27H,1-2H3. The lowest BCUT2D eigenvalue weighted by Crippen LogP contribution is -2.61. The molecule has 2 heterocycles. The lowest BCUT2D eigenvalue weighted by molar-refractivity contribution is 0.641. The Kier molecular flexibility index (Phi) is 5.62. The summed E-state index contributed by atoms with van der Waals surface area (Å²) < 4.78 is 0. The van der Waals surface area contributed by atoms with Gasteiger partial charge >= 0.3 is 0 Å². The van der Waals surface area contributed by atoms with Crippen LogP contribution in [-0.4, -0.2) is 6.71 Å². The van der Waals surface area contributed by atoms with Crippen LogP contribution in [-0.2, 0) is 5.41 Å². The van der Waals surface area contributed by atoms with Crippen molar-refractivity contribution in [3.8, 4) is 0 Å². The Balaban J connectivity index is 1.50. The summed E-state index contributed by atoms with van der Waals surface area (Å²) in [4.78, 5) is 4.96. The van der Waals surface area contributed by atoms with Crippen LogP contribution in [0.15, 0.2) is 152 Å². The van der Waals surface area contributed by atoms with Gasteiger partial charge < -0.3 is 9.80 Å². The molecule has 0 aliphatic carbocycles. The van der Waals surface area contributed by atoms with E-state index in [1.807, 2.05) is 0 Å². The highest BCUT2D eigenvalue weighted by molar-refractivity contribution is 7.00. The van der Waals surface area contributed by atoms with E-state index in [9.17, 15) is 0 Å². The number of hydrogen-bond donors (Lipinski definition) is 0. The normalized spacial score (nSPS) is 13.3. The first kappa shape index (κ1) is 24.8. The molecule has 0 atom stereocenters. The van der Waals surface area contributed by atoms with Crippen LogP contribution in [0.1, 0.15) is 25.0 Å². The van der Waals surface area contributed by atoms with Crippen LogP contribution in [0.4, 0.5) is 34.1 Å². The van der Waals surface area contributed by atoms with Gasteiger partial charge in [-0.05, 0) is 76.0 Å². The van der Waals surface area contributed by atoms with Gasteiger partial charge in [0.15, 0.2) is 0 Å². The van der Waals surface area contributed by atoms with Crippen LogP contribution < -0.4 is 26.2 Å². The van der Waals surface area contributed by atoms with Crippen LogP contribution in [0.3, 0.4) is 0 Å². The molecule has 0 radical (unpaired) electrons. The van der Waals surface area contributed by atoms with Crippen molar-refractivity contribution in [1.82, 2.24) is 0 Å². The van der Waals surface area contributed by atoms with E-state index < -0.39 is 0 Å². The average Bonchev–Trinajstić information content (AvgIpc) is 3.05. The van der Waals surface area contributed by atoms with Crippen molar-refractivity contribution in [3.05, 3.63) is 163 Å². The first-order valence-electron chi connectivity index (χ1n) is 14.7. The van der Waals surface area contributed by atoms with Gasteiger partial charge in [-0.3, -0.25) is 0 Å². The molecule has 0 unspecified atom stereocenters. The van der Waals surface area contributed by atoms with Crippen LogP contribution in [0.2, 0.25) is 0 Å². The summed E-state index contributed by atoms with van der Waals surface area (Å²) in [6.07, 6.45) is 0. The fraction of sp³-hybridized carbons (Fsp3) is 0.0769. The van der Waals surface area contributed by atoms with Gasteiger partial charge in [0.1, 0.15) is 0 Å². The third-order valence-corrected chi connectivity index (χ3v) is 9.13. The molecule has 0 N–H and O–H groups in total. The van der Waals surface area contributed by atoms with Gasteiger partial charge in [-0.1, -0.05) is 117 Å². The molecule has 200 valence electrons. The maximum absolute atomic E-state index is 2.48. The molecule has 0 fully saturated rings. The fourth-order valence-corrected chi connectivity index (χ4v) is 6.99. The maximum Gasteiger partial charge on any atom is 0.252 e. The molecule has 42 heavy (non-hydrogen) atoms. The number of fused-ring (bicyclic) bond motifs is 4. The van der Waals surface area contributed by atoms with E-state index in [2.05, 4.69) is 175 Å². The Morgan fingerprint density at radius 1 is 0.429 bits per heavy atom. The summed E-state index contributed by atoms with van der Waals surface area (Å²) in [7, 11) is 0. The van der Waals surface area contributed by atoms with Crippen LogP contribution >= 0.6 is 0 Å². The molecule has 0 saturated heterocycles. The molecule has 6 aromatic rings. The molecular formula is C39H31BN2. The van der Waals surface area contributed by atoms with Crippen LogP contribution in [0.5, 0.6) is 0 Å². The largest absolute Gasteiger partial charge is 0.311 e. The van der Waals surface area contributed by atoms with Crippen molar-refractivity contribution in [2.75, 3.05) is 9.80 Å². The number of rotatable bonds is 4. The molecule has 0 aromatic heterocycles. The van der Waals surface area contributed by atoms with E-state index in [-0.39, 0.29) is 12.1 Å². The number of nitrogens with zero attached hydrogens (tertiary/aromatic N) is 2. The Hall–Kier alpha value is -5.02. The predicted octanol–water partition coefficient (Wildman–Crippen LogP) is 8.10. The monoisotopic (exact) mass is 538 g/mol. The van der Waals surface area contributed by atoms with Crippen molar-refractivity contribution in [2.45, 2.75) is 19.3 Å². The van der Waals surface area contributed by atoms with Gasteiger partial charge in [0.05, 0.1) is 0 Å². The molecule has 2 aliphatic heterocycles. The summed E-state index contributed by atoms with van der Waals surface area (Å²) in [6, 6.07) is 55.4. The van der Waals surface area contributed by atoms with E-state index in [4.69, 9.17) is 0 Å². The second kappa shape index (κ2) is 9.53. The van der Waals surface area contributed by atoms with Gasteiger partial charge in [-0.2, -0.15) is 0 Å². The minimum absolute atomic E-state index is 0.135. The fourth-order valence-electron chi connectivity index (χ4n) is 6.99. The quantitative estimate of drug-likeness (QED) is 0.209. The summed E-state index contributed by atoms with van der Waals surface area (Å²) in [5.41, 5.74) is 13.7. The zero-order valence-electron chi connectivity index (χ0n) is 23.9. The molecule has 0 saturated carbocycles. The summed E-state index contributed by atoms with van der Waals surface area (Å²) in [6.45, 7) is 4.83. The first-order chi connectivity index (χ1) is 20.6. The summed E-state index contributed by atoms with van der Waals surface area (Å²) in [5, 5.41) is 0. The molecule has 0 bridgehead atoms. The number of para-hydroxylation sites is 4. The summed E-state index contributed by atoms with van der Waals surface area (Å²) >= 11 is 0. The smallest absolute Gasteiger partial charge is 0.252 e. The topological polar surface area (TPSA) is 6.48 Å². The SMILES string of the molecule is CC(C)(c1ccccc1)c1cc2c3c(c1)N(c1ccccc1)c1ccccc1B3c1ccccc1N2c1ccccc1. The van der Waals surface area contributed by atoms with E-state index in [1.54, 1.807) is 0 Å². The molecule has 0 amide bonds. The van der Waals surface area contributed by atoms with E-state index in [0.29, 0.717) is 0 Å². The van der Waals surface area contributed by atoms with Crippen LogP contribution in [0, 0.1) is 0 Å². The molecule has 2 nitrogen and oxygen atoms in total. The van der Waals surface area contributed by atoms with Crippen LogP contribution in [0.25, 0.3) is 0 Å². The Morgan fingerprint density at radius 3 is 1.31 bits per heavy atom. The predicted molar refractivity (Wildman–Crippen MR) is 179 cm³/mol. The van der Waals surface area contributed by atoms with Crippen molar-refractivity contribution < 1.29 is 0 Å². The summed E-state index contributed by atoms with van der Waals surface area (Å²) in [5.74, 6) is 0. The van der Waals surface area contributed by atoms with Gasteiger partial charge in [0, 0.05) is 39.5 Å². The first-order valence-corrected chi connectivity index (χ1v) is 14.7. The van der Waals surface area contributed by atoms with Crippen molar-refractivity contribution in [1.29, 1.82) is 0 Å². The zero-order valence-corrected chi connectivity index (χ0v) is 23.9. The Morgan fingerprint density at radius 2 is 0.833 bits per heavy atom. The minimum atomic E-state index is -0.207. The Bertz CT molecular complexity index is 1800. The molecule has 8 rings (SSSR count). The number of benzene rings is 6. The van der Waals surface area contributed by atoms with E-state index >= 15 is 0 Å². The third kappa shape index (κ3) is 3.67. The third-order valence-electron chi connectivity index (χ3n) is 9.13. The van der Waals surface area contributed by atoms with E-state index in [1.165, 1.54) is 61.6 Å².